The molecular formula is C10H23N3O3S. The molecule has 0 saturated carbocycles. The topological polar surface area (TPSA) is 84.7 Å². The summed E-state index contributed by atoms with van der Waals surface area (Å²) in [6.45, 7) is 2.27. The SMILES string of the molecule is COCCS(=O)(=O)NC1(CN)CCN(C)CC1. The van der Waals surface area contributed by atoms with Gasteiger partial charge in [-0.05, 0) is 33.0 Å². The quantitative estimate of drug-likeness (QED) is 0.642. The van der Waals surface area contributed by atoms with Crippen LogP contribution in [0.5, 0.6) is 0 Å². The minimum atomic E-state index is -3.30. The van der Waals surface area contributed by atoms with E-state index in [-0.39, 0.29) is 12.4 Å². The van der Waals surface area contributed by atoms with Crippen LogP contribution in [0.3, 0.4) is 0 Å². The fourth-order valence-corrected chi connectivity index (χ4v) is 3.40. The van der Waals surface area contributed by atoms with Crippen LogP contribution < -0.4 is 10.5 Å². The van der Waals surface area contributed by atoms with Crippen LogP contribution in [-0.2, 0) is 14.8 Å². The predicted molar refractivity (Wildman–Crippen MR) is 67.3 cm³/mol. The van der Waals surface area contributed by atoms with E-state index in [9.17, 15) is 8.42 Å². The molecule has 1 fully saturated rings. The zero-order valence-electron chi connectivity index (χ0n) is 10.6. The molecular weight excluding hydrogens is 242 g/mol. The van der Waals surface area contributed by atoms with Gasteiger partial charge in [-0.1, -0.05) is 0 Å². The number of hydrogen-bond donors (Lipinski definition) is 2. The fraction of sp³-hybridized carbons (Fsp3) is 1.00. The summed E-state index contributed by atoms with van der Waals surface area (Å²) in [4.78, 5) is 2.18. The minimum Gasteiger partial charge on any atom is -0.384 e. The first kappa shape index (κ1) is 14.8. The van der Waals surface area contributed by atoms with Crippen LogP contribution in [0.15, 0.2) is 0 Å². The van der Waals surface area contributed by atoms with E-state index < -0.39 is 15.6 Å². The van der Waals surface area contributed by atoms with E-state index in [0.29, 0.717) is 6.54 Å². The number of nitrogens with two attached hydrogens (primary N) is 1. The Hall–Kier alpha value is -0.210. The van der Waals surface area contributed by atoms with Gasteiger partial charge >= 0.3 is 0 Å². The molecule has 17 heavy (non-hydrogen) atoms. The Morgan fingerprint density at radius 1 is 1.41 bits per heavy atom. The Morgan fingerprint density at radius 2 is 2.00 bits per heavy atom. The number of likely N-dealkylation sites (tertiary alicyclic amines) is 1. The van der Waals surface area contributed by atoms with Gasteiger partial charge < -0.3 is 15.4 Å². The Morgan fingerprint density at radius 3 is 2.47 bits per heavy atom. The second-order valence-electron chi connectivity index (χ2n) is 4.70. The fourth-order valence-electron chi connectivity index (χ4n) is 1.97. The Labute approximate surface area is 104 Å². The van der Waals surface area contributed by atoms with E-state index in [4.69, 9.17) is 10.5 Å². The van der Waals surface area contributed by atoms with Crippen molar-refractivity contribution in [2.45, 2.75) is 18.4 Å². The number of methoxy groups -OCH3 is 1. The van der Waals surface area contributed by atoms with Crippen LogP contribution in [-0.4, -0.2) is 65.0 Å². The maximum Gasteiger partial charge on any atom is 0.214 e. The summed E-state index contributed by atoms with van der Waals surface area (Å²) in [6.07, 6.45) is 1.51. The third-order valence-electron chi connectivity index (χ3n) is 3.26. The zero-order chi connectivity index (χ0) is 12.9. The van der Waals surface area contributed by atoms with Gasteiger partial charge in [0.05, 0.1) is 12.4 Å². The standard InChI is InChI=1S/C10H23N3O3S/c1-13-5-3-10(9-11,4-6-13)12-17(14,15)8-7-16-2/h12H,3-9,11H2,1-2H3. The first-order valence-electron chi connectivity index (χ1n) is 5.82. The van der Waals surface area contributed by atoms with Crippen molar-refractivity contribution in [3.63, 3.8) is 0 Å². The van der Waals surface area contributed by atoms with E-state index in [1.54, 1.807) is 0 Å². The molecule has 1 heterocycles. The van der Waals surface area contributed by atoms with Crippen LogP contribution in [0.25, 0.3) is 0 Å². The average Bonchev–Trinajstić information content (AvgIpc) is 2.30. The summed E-state index contributed by atoms with van der Waals surface area (Å²) in [6, 6.07) is 0. The van der Waals surface area contributed by atoms with Gasteiger partial charge in [-0.3, -0.25) is 0 Å². The molecule has 0 aliphatic carbocycles. The second kappa shape index (κ2) is 6.10. The Kier molecular flexibility index (Phi) is 5.33. The number of sulfonamides is 1. The molecule has 0 unspecified atom stereocenters. The van der Waals surface area contributed by atoms with Gasteiger partial charge in [0.1, 0.15) is 0 Å². The van der Waals surface area contributed by atoms with E-state index in [0.717, 1.165) is 25.9 Å². The number of hydrogen-bond acceptors (Lipinski definition) is 5. The third-order valence-corrected chi connectivity index (χ3v) is 4.71. The molecule has 102 valence electrons. The lowest BCUT2D eigenvalue weighted by molar-refractivity contribution is 0.181. The maximum atomic E-state index is 11.8. The van der Waals surface area contributed by atoms with E-state index >= 15 is 0 Å². The van der Waals surface area contributed by atoms with Gasteiger partial charge in [0.25, 0.3) is 0 Å². The van der Waals surface area contributed by atoms with Crippen molar-refractivity contribution in [3.05, 3.63) is 0 Å². The van der Waals surface area contributed by atoms with E-state index in [1.807, 2.05) is 7.05 Å². The Bertz CT molecular complexity index is 324. The van der Waals surface area contributed by atoms with Gasteiger partial charge in [0, 0.05) is 19.2 Å². The molecule has 0 aromatic rings. The van der Waals surface area contributed by atoms with Crippen molar-refractivity contribution in [1.82, 2.24) is 9.62 Å². The summed E-state index contributed by atoms with van der Waals surface area (Å²) in [5.74, 6) is -0.0128. The molecule has 0 radical (unpaired) electrons. The summed E-state index contributed by atoms with van der Waals surface area (Å²) in [5, 5.41) is 0. The summed E-state index contributed by atoms with van der Waals surface area (Å²) in [5.41, 5.74) is 5.27. The monoisotopic (exact) mass is 265 g/mol. The van der Waals surface area contributed by atoms with E-state index in [1.165, 1.54) is 7.11 Å². The van der Waals surface area contributed by atoms with Crippen LogP contribution in [0.4, 0.5) is 0 Å². The van der Waals surface area contributed by atoms with Crippen molar-refractivity contribution in [2.75, 3.05) is 46.2 Å². The molecule has 0 atom stereocenters. The molecule has 1 aliphatic heterocycles. The number of piperidine rings is 1. The molecule has 7 heteroatoms. The summed E-state index contributed by atoms with van der Waals surface area (Å²) >= 11 is 0. The normalized spacial score (nSPS) is 21.6. The highest BCUT2D eigenvalue weighted by Crippen LogP contribution is 2.21. The van der Waals surface area contributed by atoms with Crippen LogP contribution in [0, 0.1) is 0 Å². The second-order valence-corrected chi connectivity index (χ2v) is 6.54. The number of ether oxygens (including phenoxy) is 1. The van der Waals surface area contributed by atoms with Gasteiger partial charge in [-0.25, -0.2) is 13.1 Å². The van der Waals surface area contributed by atoms with Crippen molar-refractivity contribution in [3.8, 4) is 0 Å². The molecule has 0 aromatic carbocycles. The summed E-state index contributed by atoms with van der Waals surface area (Å²) < 4.78 is 31.2. The lowest BCUT2D eigenvalue weighted by Gasteiger charge is -2.40. The van der Waals surface area contributed by atoms with Crippen molar-refractivity contribution in [2.24, 2.45) is 5.73 Å². The van der Waals surface area contributed by atoms with Crippen LogP contribution in [0.1, 0.15) is 12.8 Å². The minimum absolute atomic E-state index is 0.0128. The molecule has 0 bridgehead atoms. The first-order valence-corrected chi connectivity index (χ1v) is 7.47. The van der Waals surface area contributed by atoms with Gasteiger partial charge in [0.15, 0.2) is 0 Å². The highest BCUT2D eigenvalue weighted by atomic mass is 32.2. The smallest absolute Gasteiger partial charge is 0.214 e. The number of rotatable bonds is 6. The molecule has 0 amide bonds. The predicted octanol–water partition coefficient (Wildman–Crippen LogP) is -1.02. The largest absolute Gasteiger partial charge is 0.384 e. The van der Waals surface area contributed by atoms with Crippen molar-refractivity contribution < 1.29 is 13.2 Å². The van der Waals surface area contributed by atoms with Crippen molar-refractivity contribution in [1.29, 1.82) is 0 Å². The van der Waals surface area contributed by atoms with Crippen LogP contribution in [0.2, 0.25) is 0 Å². The maximum absolute atomic E-state index is 11.8. The molecule has 1 rings (SSSR count). The highest BCUT2D eigenvalue weighted by molar-refractivity contribution is 7.89. The first-order chi connectivity index (χ1) is 7.93. The molecule has 1 aliphatic rings. The molecule has 1 saturated heterocycles. The summed E-state index contributed by atoms with van der Waals surface area (Å²) in [7, 11) is 0.213. The Balaban J connectivity index is 2.62. The molecule has 0 spiro atoms. The van der Waals surface area contributed by atoms with E-state index in [2.05, 4.69) is 9.62 Å². The number of nitrogens with zero attached hydrogens (tertiary/aromatic N) is 1. The molecule has 0 aromatic heterocycles. The average molecular weight is 265 g/mol. The third kappa shape index (κ3) is 4.51. The van der Waals surface area contributed by atoms with Crippen molar-refractivity contribution >= 4 is 10.0 Å². The number of nitrogens with one attached hydrogen (secondary N) is 1. The molecule has 3 N–H and O–H groups in total. The zero-order valence-corrected chi connectivity index (χ0v) is 11.4. The molecule has 6 nitrogen and oxygen atoms in total. The lowest BCUT2D eigenvalue weighted by Crippen LogP contribution is -2.59. The highest BCUT2D eigenvalue weighted by Gasteiger charge is 2.35. The lowest BCUT2D eigenvalue weighted by atomic mass is 9.89. The van der Waals surface area contributed by atoms with Gasteiger partial charge in [-0.15, -0.1) is 0 Å². The van der Waals surface area contributed by atoms with Crippen LogP contribution >= 0.6 is 0 Å². The van der Waals surface area contributed by atoms with Gasteiger partial charge in [0.2, 0.25) is 10.0 Å². The van der Waals surface area contributed by atoms with Gasteiger partial charge in [-0.2, -0.15) is 0 Å².